The molecule has 0 saturated heterocycles. The van der Waals surface area contributed by atoms with Gasteiger partial charge in [0.25, 0.3) is 0 Å². The second-order valence-electron chi connectivity index (χ2n) is 8.70. The number of imidazole rings is 1. The van der Waals surface area contributed by atoms with Crippen molar-refractivity contribution in [3.05, 3.63) is 77.4 Å². The molecular formula is C28H31N3O4S2. The number of H-pyrrole nitrogens is 1. The van der Waals surface area contributed by atoms with E-state index in [9.17, 15) is 8.42 Å². The van der Waals surface area contributed by atoms with Gasteiger partial charge in [0, 0.05) is 23.4 Å². The van der Waals surface area contributed by atoms with Gasteiger partial charge in [-0.2, -0.15) is 0 Å². The molecule has 0 unspecified atom stereocenters. The van der Waals surface area contributed by atoms with Crippen LogP contribution in [0.1, 0.15) is 16.7 Å². The normalized spacial score (nSPS) is 11.5. The Morgan fingerprint density at radius 1 is 0.865 bits per heavy atom. The lowest BCUT2D eigenvalue weighted by molar-refractivity contribution is 0.414. The van der Waals surface area contributed by atoms with Gasteiger partial charge in [0.05, 0.1) is 30.5 Å². The zero-order valence-electron chi connectivity index (χ0n) is 21.6. The quantitative estimate of drug-likeness (QED) is 0.197. The minimum absolute atomic E-state index is 0.274. The van der Waals surface area contributed by atoms with Crippen LogP contribution in [0.5, 0.6) is 11.5 Å². The number of nitrogens with one attached hydrogen (secondary N) is 2. The first-order valence-corrected chi connectivity index (χ1v) is 14.3. The fourth-order valence-corrected chi connectivity index (χ4v) is 6.67. The highest BCUT2D eigenvalue weighted by atomic mass is 32.2. The first kappa shape index (κ1) is 26.8. The Morgan fingerprint density at radius 3 is 1.95 bits per heavy atom. The summed E-state index contributed by atoms with van der Waals surface area (Å²) in [6.45, 7) is 5.89. The minimum Gasteiger partial charge on any atom is -0.497 e. The molecule has 0 aliphatic heterocycles. The van der Waals surface area contributed by atoms with Crippen LogP contribution in [0, 0.1) is 20.8 Å². The Kier molecular flexibility index (Phi) is 8.26. The number of methoxy groups -OCH3 is 2. The molecule has 0 bridgehead atoms. The molecule has 0 atom stereocenters. The first-order chi connectivity index (χ1) is 17.7. The van der Waals surface area contributed by atoms with Crippen molar-refractivity contribution in [3.63, 3.8) is 0 Å². The third-order valence-electron chi connectivity index (χ3n) is 5.93. The summed E-state index contributed by atoms with van der Waals surface area (Å²) in [4.78, 5) is 8.61. The average molecular weight is 538 g/mol. The fourth-order valence-electron chi connectivity index (χ4n) is 4.33. The molecule has 0 amide bonds. The standard InChI is InChI=1S/C28H31N3O4S2/c1-18-16-19(2)27(20(3)17-18)37(32,33)29-14-15-36-28-30-25(21-6-10-23(34-4)11-7-21)26(31-28)22-8-12-24(35-5)13-9-22/h6-13,16-17,29H,14-15H2,1-5H3,(H,30,31). The van der Waals surface area contributed by atoms with E-state index in [-0.39, 0.29) is 6.54 Å². The molecule has 37 heavy (non-hydrogen) atoms. The van der Waals surface area contributed by atoms with E-state index in [1.54, 1.807) is 14.2 Å². The van der Waals surface area contributed by atoms with Crippen molar-refractivity contribution in [1.29, 1.82) is 0 Å². The average Bonchev–Trinajstić information content (AvgIpc) is 3.30. The monoisotopic (exact) mass is 537 g/mol. The molecule has 0 fully saturated rings. The number of aromatic amines is 1. The first-order valence-electron chi connectivity index (χ1n) is 11.8. The molecule has 0 spiro atoms. The molecule has 0 radical (unpaired) electrons. The van der Waals surface area contributed by atoms with Crippen LogP contribution < -0.4 is 14.2 Å². The van der Waals surface area contributed by atoms with E-state index < -0.39 is 10.0 Å². The van der Waals surface area contributed by atoms with Gasteiger partial charge in [-0.3, -0.25) is 0 Å². The van der Waals surface area contributed by atoms with E-state index in [1.807, 2.05) is 81.4 Å². The molecule has 0 aliphatic carbocycles. The number of thioether (sulfide) groups is 1. The fraction of sp³-hybridized carbons (Fsp3) is 0.250. The Labute approximate surface area is 222 Å². The molecule has 1 aromatic heterocycles. The molecule has 9 heteroatoms. The number of nitrogens with zero attached hydrogens (tertiary/aromatic N) is 1. The Bertz CT molecular complexity index is 1390. The van der Waals surface area contributed by atoms with Crippen LogP contribution in [0.4, 0.5) is 0 Å². The van der Waals surface area contributed by atoms with Crippen LogP contribution in [0.15, 0.2) is 70.7 Å². The molecule has 7 nitrogen and oxygen atoms in total. The molecular weight excluding hydrogens is 506 g/mol. The van der Waals surface area contributed by atoms with E-state index in [4.69, 9.17) is 14.5 Å². The lowest BCUT2D eigenvalue weighted by atomic mass is 10.0. The van der Waals surface area contributed by atoms with Crippen molar-refractivity contribution in [3.8, 4) is 34.0 Å². The highest BCUT2D eigenvalue weighted by Crippen LogP contribution is 2.34. The molecule has 1 heterocycles. The van der Waals surface area contributed by atoms with Crippen LogP contribution in [0.3, 0.4) is 0 Å². The number of hydrogen-bond acceptors (Lipinski definition) is 6. The number of rotatable bonds is 10. The SMILES string of the molecule is COc1ccc(-c2nc(SCCNS(=O)(=O)c3c(C)cc(C)cc3C)[nH]c2-c2ccc(OC)cc2)cc1. The number of sulfonamides is 1. The molecule has 4 aromatic rings. The van der Waals surface area contributed by atoms with Gasteiger partial charge >= 0.3 is 0 Å². The van der Waals surface area contributed by atoms with E-state index in [1.165, 1.54) is 11.8 Å². The molecule has 2 N–H and O–H groups in total. The second kappa shape index (κ2) is 11.4. The summed E-state index contributed by atoms with van der Waals surface area (Å²) < 4.78 is 39.3. The molecule has 194 valence electrons. The van der Waals surface area contributed by atoms with Gasteiger partial charge < -0.3 is 14.5 Å². The highest BCUT2D eigenvalue weighted by molar-refractivity contribution is 7.99. The van der Waals surface area contributed by atoms with Crippen LogP contribution in [-0.4, -0.2) is 44.9 Å². The third-order valence-corrected chi connectivity index (χ3v) is 8.57. The largest absolute Gasteiger partial charge is 0.497 e. The Morgan fingerprint density at radius 2 is 1.41 bits per heavy atom. The van der Waals surface area contributed by atoms with Crippen molar-refractivity contribution >= 4 is 21.8 Å². The molecule has 0 aliphatic rings. The third kappa shape index (κ3) is 6.18. The molecule has 0 saturated carbocycles. The maximum Gasteiger partial charge on any atom is 0.241 e. The second-order valence-corrected chi connectivity index (χ2v) is 11.5. The zero-order chi connectivity index (χ0) is 26.6. The van der Waals surface area contributed by atoms with Crippen molar-refractivity contribution < 1.29 is 17.9 Å². The Hall–Kier alpha value is -3.27. The van der Waals surface area contributed by atoms with Crippen LogP contribution in [-0.2, 0) is 10.0 Å². The van der Waals surface area contributed by atoms with E-state index in [0.29, 0.717) is 15.8 Å². The summed E-state index contributed by atoms with van der Waals surface area (Å²) in [6, 6.07) is 19.3. The van der Waals surface area contributed by atoms with Crippen molar-refractivity contribution in [2.75, 3.05) is 26.5 Å². The van der Waals surface area contributed by atoms with Gasteiger partial charge in [0.2, 0.25) is 10.0 Å². The van der Waals surface area contributed by atoms with Gasteiger partial charge in [0.1, 0.15) is 11.5 Å². The van der Waals surface area contributed by atoms with E-state index in [0.717, 1.165) is 50.7 Å². The van der Waals surface area contributed by atoms with Gasteiger partial charge in [-0.1, -0.05) is 29.5 Å². The number of benzene rings is 3. The van der Waals surface area contributed by atoms with Gasteiger partial charge in [-0.25, -0.2) is 18.1 Å². The van der Waals surface area contributed by atoms with Crippen LogP contribution in [0.25, 0.3) is 22.5 Å². The minimum atomic E-state index is -3.61. The number of aromatic nitrogens is 2. The maximum atomic E-state index is 13.0. The van der Waals surface area contributed by atoms with Gasteiger partial charge in [-0.15, -0.1) is 0 Å². The molecule has 4 rings (SSSR count). The number of ether oxygens (including phenoxy) is 2. The number of hydrogen-bond donors (Lipinski definition) is 2. The van der Waals surface area contributed by atoms with Crippen LogP contribution in [0.2, 0.25) is 0 Å². The van der Waals surface area contributed by atoms with E-state index >= 15 is 0 Å². The topological polar surface area (TPSA) is 93.3 Å². The number of aryl methyl sites for hydroxylation is 3. The summed E-state index contributed by atoms with van der Waals surface area (Å²) in [5, 5.41) is 0.707. The summed E-state index contributed by atoms with van der Waals surface area (Å²) in [5.74, 6) is 2.06. The zero-order valence-corrected chi connectivity index (χ0v) is 23.2. The highest BCUT2D eigenvalue weighted by Gasteiger charge is 2.20. The van der Waals surface area contributed by atoms with Gasteiger partial charge in [0.15, 0.2) is 5.16 Å². The van der Waals surface area contributed by atoms with Crippen LogP contribution >= 0.6 is 11.8 Å². The van der Waals surface area contributed by atoms with E-state index in [2.05, 4.69) is 9.71 Å². The van der Waals surface area contributed by atoms with Crippen molar-refractivity contribution in [1.82, 2.24) is 14.7 Å². The summed E-state index contributed by atoms with van der Waals surface area (Å²) in [5.41, 5.74) is 6.14. The van der Waals surface area contributed by atoms with Crippen molar-refractivity contribution in [2.24, 2.45) is 0 Å². The predicted octanol–water partition coefficient (Wildman–Crippen LogP) is 5.76. The maximum absolute atomic E-state index is 13.0. The van der Waals surface area contributed by atoms with Crippen molar-refractivity contribution in [2.45, 2.75) is 30.8 Å². The Balaban J connectivity index is 1.53. The summed E-state index contributed by atoms with van der Waals surface area (Å²) >= 11 is 1.46. The smallest absolute Gasteiger partial charge is 0.241 e. The molecule has 3 aromatic carbocycles. The summed E-state index contributed by atoms with van der Waals surface area (Å²) in [7, 11) is -0.340. The summed E-state index contributed by atoms with van der Waals surface area (Å²) in [6.07, 6.45) is 0. The van der Waals surface area contributed by atoms with Gasteiger partial charge in [-0.05, 0) is 80.4 Å². The predicted molar refractivity (Wildman–Crippen MR) is 149 cm³/mol. The lowest BCUT2D eigenvalue weighted by Gasteiger charge is -2.12. The lowest BCUT2D eigenvalue weighted by Crippen LogP contribution is -2.27.